The van der Waals surface area contributed by atoms with Crippen LogP contribution in [0.5, 0.6) is 5.75 Å². The molecule has 4 nitrogen and oxygen atoms in total. The van der Waals surface area contributed by atoms with Crippen molar-refractivity contribution in [1.29, 1.82) is 0 Å². The Morgan fingerprint density at radius 2 is 2.23 bits per heavy atom. The van der Waals surface area contributed by atoms with Crippen LogP contribution >= 0.6 is 11.6 Å². The van der Waals surface area contributed by atoms with Gasteiger partial charge in [-0.15, -0.1) is 0 Å². The third kappa shape index (κ3) is 3.45. The highest BCUT2D eigenvalue weighted by Crippen LogP contribution is 2.23. The van der Waals surface area contributed by atoms with E-state index in [-0.39, 0.29) is 6.10 Å². The first kappa shape index (κ1) is 15.4. The van der Waals surface area contributed by atoms with Gasteiger partial charge >= 0.3 is 0 Å². The van der Waals surface area contributed by atoms with Crippen molar-refractivity contribution in [2.45, 2.75) is 39.0 Å². The Morgan fingerprint density at radius 3 is 2.95 bits per heavy atom. The van der Waals surface area contributed by atoms with Gasteiger partial charge in [0.25, 0.3) is 0 Å². The average molecular weight is 320 g/mol. The van der Waals surface area contributed by atoms with E-state index in [0.717, 1.165) is 37.6 Å². The van der Waals surface area contributed by atoms with Gasteiger partial charge in [0, 0.05) is 49.5 Å². The lowest BCUT2D eigenvalue weighted by molar-refractivity contribution is -0.00877. The number of likely N-dealkylation sites (tertiary alicyclic amines) is 1. The number of hydrogen-bond donors (Lipinski definition) is 0. The molecule has 0 saturated carbocycles. The molecule has 2 aromatic rings. The van der Waals surface area contributed by atoms with E-state index < -0.39 is 0 Å². The van der Waals surface area contributed by atoms with E-state index in [2.05, 4.69) is 34.5 Å². The van der Waals surface area contributed by atoms with E-state index >= 15 is 0 Å². The van der Waals surface area contributed by atoms with Crippen molar-refractivity contribution >= 4 is 11.6 Å². The SMILES string of the molecule is CCc1nccn1CC(C)N1CC(Oc2cccc(Cl)c2)C1. The number of hydrogen-bond acceptors (Lipinski definition) is 3. The fourth-order valence-electron chi connectivity index (χ4n) is 2.86. The van der Waals surface area contributed by atoms with Crippen LogP contribution in [0.2, 0.25) is 5.02 Å². The summed E-state index contributed by atoms with van der Waals surface area (Å²) in [6, 6.07) is 8.09. The lowest BCUT2D eigenvalue weighted by Gasteiger charge is -2.43. The van der Waals surface area contributed by atoms with Crippen LogP contribution in [-0.2, 0) is 13.0 Å². The summed E-state index contributed by atoms with van der Waals surface area (Å²) in [6.07, 6.45) is 5.18. The minimum absolute atomic E-state index is 0.259. The van der Waals surface area contributed by atoms with Crippen molar-refractivity contribution in [2.24, 2.45) is 0 Å². The molecule has 1 aromatic heterocycles. The van der Waals surface area contributed by atoms with Crippen molar-refractivity contribution in [2.75, 3.05) is 13.1 Å². The second-order valence-electron chi connectivity index (χ2n) is 5.85. The van der Waals surface area contributed by atoms with Crippen LogP contribution in [0.4, 0.5) is 0 Å². The monoisotopic (exact) mass is 319 g/mol. The molecule has 1 aliphatic heterocycles. The van der Waals surface area contributed by atoms with Gasteiger partial charge in [-0.1, -0.05) is 24.6 Å². The summed E-state index contributed by atoms with van der Waals surface area (Å²) in [5, 5.41) is 0.717. The highest BCUT2D eigenvalue weighted by atomic mass is 35.5. The van der Waals surface area contributed by atoms with Gasteiger partial charge in [-0.3, -0.25) is 4.90 Å². The molecule has 1 aromatic carbocycles. The molecular formula is C17H22ClN3O. The third-order valence-electron chi connectivity index (χ3n) is 4.18. The number of imidazole rings is 1. The van der Waals surface area contributed by atoms with Gasteiger partial charge in [0.15, 0.2) is 0 Å². The molecule has 118 valence electrons. The van der Waals surface area contributed by atoms with Crippen LogP contribution in [0.1, 0.15) is 19.7 Å². The molecule has 0 spiro atoms. The zero-order valence-electron chi connectivity index (χ0n) is 13.1. The number of halogens is 1. The molecule has 1 unspecified atom stereocenters. The molecule has 3 rings (SSSR count). The number of aromatic nitrogens is 2. The molecule has 5 heteroatoms. The second kappa shape index (κ2) is 6.71. The van der Waals surface area contributed by atoms with Gasteiger partial charge in [0.05, 0.1) is 0 Å². The second-order valence-corrected chi connectivity index (χ2v) is 6.29. The number of benzene rings is 1. The minimum atomic E-state index is 0.259. The Labute approximate surface area is 136 Å². The fraction of sp³-hybridized carbons (Fsp3) is 0.471. The molecule has 1 fully saturated rings. The molecule has 2 heterocycles. The van der Waals surface area contributed by atoms with E-state index in [4.69, 9.17) is 16.3 Å². The normalized spacial score (nSPS) is 17.2. The lowest BCUT2D eigenvalue weighted by atomic mass is 10.1. The lowest BCUT2D eigenvalue weighted by Crippen LogP contribution is -2.57. The highest BCUT2D eigenvalue weighted by Gasteiger charge is 2.32. The maximum atomic E-state index is 5.98. The zero-order chi connectivity index (χ0) is 15.5. The van der Waals surface area contributed by atoms with Crippen molar-refractivity contribution in [3.05, 3.63) is 47.5 Å². The Morgan fingerprint density at radius 1 is 1.41 bits per heavy atom. The quantitative estimate of drug-likeness (QED) is 0.818. The first-order chi connectivity index (χ1) is 10.7. The van der Waals surface area contributed by atoms with E-state index in [1.807, 2.05) is 30.5 Å². The number of nitrogens with zero attached hydrogens (tertiary/aromatic N) is 3. The minimum Gasteiger partial charge on any atom is -0.488 e. The molecule has 1 atom stereocenters. The standard InChI is InChI=1S/C17H22ClN3O/c1-3-17-19-7-8-20(17)10-13(2)21-11-16(12-21)22-15-6-4-5-14(18)9-15/h4-9,13,16H,3,10-12H2,1-2H3. The van der Waals surface area contributed by atoms with Gasteiger partial charge in [-0.25, -0.2) is 4.98 Å². The highest BCUT2D eigenvalue weighted by molar-refractivity contribution is 6.30. The molecule has 0 radical (unpaired) electrons. The number of rotatable bonds is 6. The van der Waals surface area contributed by atoms with Gasteiger partial charge < -0.3 is 9.30 Å². The Balaban J connectivity index is 1.48. The van der Waals surface area contributed by atoms with E-state index in [1.54, 1.807) is 0 Å². The third-order valence-corrected chi connectivity index (χ3v) is 4.41. The van der Waals surface area contributed by atoms with Crippen LogP contribution in [0.25, 0.3) is 0 Å². The topological polar surface area (TPSA) is 30.3 Å². The maximum Gasteiger partial charge on any atom is 0.124 e. The van der Waals surface area contributed by atoms with Crippen molar-refractivity contribution < 1.29 is 4.74 Å². The van der Waals surface area contributed by atoms with Crippen LogP contribution in [-0.4, -0.2) is 39.7 Å². The maximum absolute atomic E-state index is 5.98. The van der Waals surface area contributed by atoms with E-state index in [9.17, 15) is 0 Å². The van der Waals surface area contributed by atoms with Crippen molar-refractivity contribution in [1.82, 2.24) is 14.5 Å². The van der Waals surface area contributed by atoms with Gasteiger partial charge in [-0.05, 0) is 25.1 Å². The van der Waals surface area contributed by atoms with E-state index in [0.29, 0.717) is 11.1 Å². The smallest absolute Gasteiger partial charge is 0.124 e. The number of aryl methyl sites for hydroxylation is 1. The summed E-state index contributed by atoms with van der Waals surface area (Å²) >= 11 is 5.98. The Kier molecular flexibility index (Phi) is 4.69. The molecule has 0 amide bonds. The van der Waals surface area contributed by atoms with Crippen LogP contribution < -0.4 is 4.74 Å². The average Bonchev–Trinajstić information content (AvgIpc) is 2.89. The van der Waals surface area contributed by atoms with E-state index in [1.165, 1.54) is 0 Å². The predicted molar refractivity (Wildman–Crippen MR) is 88.5 cm³/mol. The van der Waals surface area contributed by atoms with Crippen molar-refractivity contribution in [3.63, 3.8) is 0 Å². The molecule has 0 N–H and O–H groups in total. The summed E-state index contributed by atoms with van der Waals surface area (Å²) < 4.78 is 8.19. The van der Waals surface area contributed by atoms with Crippen molar-refractivity contribution in [3.8, 4) is 5.75 Å². The molecular weight excluding hydrogens is 298 g/mol. The summed E-state index contributed by atoms with van der Waals surface area (Å²) in [7, 11) is 0. The largest absolute Gasteiger partial charge is 0.488 e. The summed E-state index contributed by atoms with van der Waals surface area (Å²) in [6.45, 7) is 7.30. The Bertz CT molecular complexity index is 622. The molecule has 1 aliphatic rings. The summed E-state index contributed by atoms with van der Waals surface area (Å²) in [5.74, 6) is 2.01. The van der Waals surface area contributed by atoms with Gasteiger partial charge in [-0.2, -0.15) is 0 Å². The fourth-order valence-corrected chi connectivity index (χ4v) is 3.04. The molecule has 1 saturated heterocycles. The first-order valence-corrected chi connectivity index (χ1v) is 8.19. The molecule has 0 bridgehead atoms. The first-order valence-electron chi connectivity index (χ1n) is 7.82. The predicted octanol–water partition coefficient (Wildman–Crippen LogP) is 3.25. The van der Waals surface area contributed by atoms with Crippen LogP contribution in [0.3, 0.4) is 0 Å². The molecule has 22 heavy (non-hydrogen) atoms. The summed E-state index contributed by atoms with van der Waals surface area (Å²) in [5.41, 5.74) is 0. The van der Waals surface area contributed by atoms with Crippen LogP contribution in [0.15, 0.2) is 36.7 Å². The van der Waals surface area contributed by atoms with Gasteiger partial charge in [0.1, 0.15) is 17.7 Å². The van der Waals surface area contributed by atoms with Crippen LogP contribution in [0, 0.1) is 0 Å². The Hall–Kier alpha value is -1.52. The molecule has 0 aliphatic carbocycles. The summed E-state index contributed by atoms with van der Waals surface area (Å²) in [4.78, 5) is 6.82. The zero-order valence-corrected chi connectivity index (χ0v) is 13.8. The van der Waals surface area contributed by atoms with Gasteiger partial charge in [0.2, 0.25) is 0 Å². The number of ether oxygens (including phenoxy) is 1.